The van der Waals surface area contributed by atoms with Crippen LogP contribution in [-0.2, 0) is 16.8 Å². The van der Waals surface area contributed by atoms with Crippen LogP contribution in [0.4, 0.5) is 0 Å². The van der Waals surface area contributed by atoms with E-state index in [0.29, 0.717) is 0 Å². The Balaban J connectivity index is 1.90. The Morgan fingerprint density at radius 3 is 2.94 bits per heavy atom. The van der Waals surface area contributed by atoms with Gasteiger partial charge in [0.05, 0.1) is 11.0 Å². The molecular formula is C13H21N3OS. The highest BCUT2D eigenvalue weighted by atomic mass is 32.1. The van der Waals surface area contributed by atoms with Gasteiger partial charge in [-0.15, -0.1) is 11.3 Å². The fourth-order valence-corrected chi connectivity index (χ4v) is 2.85. The Hall–Kier alpha value is -0.940. The van der Waals surface area contributed by atoms with Gasteiger partial charge in [0, 0.05) is 29.6 Å². The molecule has 1 unspecified atom stereocenters. The minimum Gasteiger partial charge on any atom is -0.355 e. The summed E-state index contributed by atoms with van der Waals surface area (Å²) in [4.78, 5) is 17.2. The summed E-state index contributed by atoms with van der Waals surface area (Å²) in [6, 6.07) is -0.0427. The van der Waals surface area contributed by atoms with Gasteiger partial charge in [0.1, 0.15) is 0 Å². The molecule has 1 aliphatic heterocycles. The Bertz CT molecular complexity index is 422. The second-order valence-electron chi connectivity index (χ2n) is 5.75. The second-order valence-corrected chi connectivity index (χ2v) is 6.86. The first-order chi connectivity index (χ1) is 8.47. The van der Waals surface area contributed by atoms with Crippen LogP contribution in [0.2, 0.25) is 0 Å². The molecule has 0 saturated carbocycles. The quantitative estimate of drug-likeness (QED) is 0.878. The van der Waals surface area contributed by atoms with Gasteiger partial charge < -0.3 is 10.6 Å². The van der Waals surface area contributed by atoms with Crippen LogP contribution in [-0.4, -0.2) is 23.5 Å². The molecule has 2 rings (SSSR count). The number of piperidine rings is 1. The van der Waals surface area contributed by atoms with Crippen LogP contribution in [0.25, 0.3) is 0 Å². The lowest BCUT2D eigenvalue weighted by Gasteiger charge is -2.22. The van der Waals surface area contributed by atoms with E-state index in [9.17, 15) is 4.79 Å². The maximum Gasteiger partial charge on any atom is 0.237 e. The predicted molar refractivity (Wildman–Crippen MR) is 73.7 cm³/mol. The summed E-state index contributed by atoms with van der Waals surface area (Å²) in [5, 5.41) is 7.34. The molecule has 4 nitrogen and oxygen atoms in total. The lowest BCUT2D eigenvalue weighted by atomic mass is 9.98. The van der Waals surface area contributed by atoms with E-state index in [-0.39, 0.29) is 17.4 Å². The third-order valence-corrected chi connectivity index (χ3v) is 4.43. The Morgan fingerprint density at radius 1 is 1.56 bits per heavy atom. The first-order valence-electron chi connectivity index (χ1n) is 6.43. The molecule has 5 heteroatoms. The maximum atomic E-state index is 11.6. The monoisotopic (exact) mass is 267 g/mol. The van der Waals surface area contributed by atoms with Crippen molar-refractivity contribution in [1.82, 2.24) is 15.6 Å². The van der Waals surface area contributed by atoms with Gasteiger partial charge in [0.2, 0.25) is 5.91 Å². The van der Waals surface area contributed by atoms with Crippen LogP contribution >= 0.6 is 11.3 Å². The molecule has 2 heterocycles. The van der Waals surface area contributed by atoms with E-state index in [2.05, 4.69) is 36.4 Å². The molecule has 1 saturated heterocycles. The maximum absolute atomic E-state index is 11.6. The summed E-state index contributed by atoms with van der Waals surface area (Å²) in [5.41, 5.74) is 0.102. The number of aromatic nitrogens is 1. The third-order valence-electron chi connectivity index (χ3n) is 3.00. The Morgan fingerprint density at radius 2 is 2.33 bits per heavy atom. The highest BCUT2D eigenvalue weighted by Crippen LogP contribution is 2.26. The van der Waals surface area contributed by atoms with E-state index >= 15 is 0 Å². The van der Waals surface area contributed by atoms with E-state index in [4.69, 9.17) is 0 Å². The second kappa shape index (κ2) is 5.36. The lowest BCUT2D eigenvalue weighted by molar-refractivity contribution is -0.124. The van der Waals surface area contributed by atoms with Crippen LogP contribution in [0.5, 0.6) is 0 Å². The molecule has 0 radical (unpaired) electrons. The number of nitrogens with zero attached hydrogens (tertiary/aromatic N) is 1. The zero-order valence-corrected chi connectivity index (χ0v) is 12.1. The van der Waals surface area contributed by atoms with Crippen molar-refractivity contribution in [1.29, 1.82) is 0 Å². The molecular weight excluding hydrogens is 246 g/mol. The van der Waals surface area contributed by atoms with Crippen molar-refractivity contribution in [3.05, 3.63) is 16.1 Å². The highest BCUT2D eigenvalue weighted by Gasteiger charge is 2.22. The summed E-state index contributed by atoms with van der Waals surface area (Å²) >= 11 is 1.72. The van der Waals surface area contributed by atoms with Gasteiger partial charge in [-0.2, -0.15) is 0 Å². The number of thiazole rings is 1. The van der Waals surface area contributed by atoms with Gasteiger partial charge >= 0.3 is 0 Å². The van der Waals surface area contributed by atoms with Gasteiger partial charge in [-0.05, 0) is 12.8 Å². The van der Waals surface area contributed by atoms with Crippen LogP contribution in [0, 0.1) is 0 Å². The molecule has 1 amide bonds. The smallest absolute Gasteiger partial charge is 0.237 e. The Labute approximate surface area is 112 Å². The fourth-order valence-electron chi connectivity index (χ4n) is 1.93. The molecule has 1 aliphatic rings. The van der Waals surface area contributed by atoms with Crippen molar-refractivity contribution in [2.45, 2.75) is 51.6 Å². The summed E-state index contributed by atoms with van der Waals surface area (Å²) in [6.07, 6.45) is 3.90. The van der Waals surface area contributed by atoms with Crippen molar-refractivity contribution in [3.63, 3.8) is 0 Å². The summed E-state index contributed by atoms with van der Waals surface area (Å²) < 4.78 is 0. The average molecular weight is 267 g/mol. The molecule has 1 aromatic rings. The molecule has 2 N–H and O–H groups in total. The van der Waals surface area contributed by atoms with Crippen LogP contribution in [0.3, 0.4) is 0 Å². The molecule has 0 aliphatic carbocycles. The van der Waals surface area contributed by atoms with Crippen molar-refractivity contribution < 1.29 is 4.79 Å². The normalized spacial score (nSPS) is 20.8. The molecule has 0 aromatic carbocycles. The minimum absolute atomic E-state index is 0.0427. The molecule has 0 spiro atoms. The van der Waals surface area contributed by atoms with E-state index in [1.165, 1.54) is 4.88 Å². The number of amides is 1. The minimum atomic E-state index is -0.0427. The lowest BCUT2D eigenvalue weighted by Crippen LogP contribution is -2.47. The zero-order valence-electron chi connectivity index (χ0n) is 11.2. The van der Waals surface area contributed by atoms with Crippen molar-refractivity contribution in [2.24, 2.45) is 0 Å². The number of nitrogens with one attached hydrogen (secondary N) is 2. The number of carbonyl (C=O) groups excluding carboxylic acids is 1. The van der Waals surface area contributed by atoms with Gasteiger partial charge in [-0.1, -0.05) is 20.8 Å². The Kier molecular flexibility index (Phi) is 4.02. The largest absolute Gasteiger partial charge is 0.355 e. The summed E-state index contributed by atoms with van der Waals surface area (Å²) in [7, 11) is 0. The summed E-state index contributed by atoms with van der Waals surface area (Å²) in [6.45, 7) is 8.03. The molecule has 18 heavy (non-hydrogen) atoms. The van der Waals surface area contributed by atoms with Gasteiger partial charge in [0.25, 0.3) is 0 Å². The molecule has 100 valence electrons. The highest BCUT2D eigenvalue weighted by molar-refractivity contribution is 7.11. The predicted octanol–water partition coefficient (Wildman–Crippen LogP) is 1.81. The van der Waals surface area contributed by atoms with E-state index in [0.717, 1.165) is 30.9 Å². The van der Waals surface area contributed by atoms with E-state index in [1.807, 2.05) is 6.20 Å². The number of hydrogen-bond donors (Lipinski definition) is 2. The number of hydrogen-bond acceptors (Lipinski definition) is 4. The van der Waals surface area contributed by atoms with Gasteiger partial charge in [-0.3, -0.25) is 4.79 Å². The van der Waals surface area contributed by atoms with Crippen molar-refractivity contribution in [3.8, 4) is 0 Å². The average Bonchev–Trinajstić information content (AvgIpc) is 2.76. The first-order valence-corrected chi connectivity index (χ1v) is 7.25. The number of carbonyl (C=O) groups is 1. The third kappa shape index (κ3) is 3.29. The standard InChI is InChI=1S/C13H21N3OS/c1-13(2,3)12-16-8-9(18-12)7-15-10-5-4-6-14-11(10)17/h8,10,15H,4-7H2,1-3H3,(H,14,17). The van der Waals surface area contributed by atoms with Crippen LogP contribution in [0.15, 0.2) is 6.20 Å². The fraction of sp³-hybridized carbons (Fsp3) is 0.692. The van der Waals surface area contributed by atoms with E-state index < -0.39 is 0 Å². The molecule has 1 fully saturated rings. The van der Waals surface area contributed by atoms with Crippen LogP contribution in [0.1, 0.15) is 43.5 Å². The molecule has 1 atom stereocenters. The molecule has 1 aromatic heterocycles. The van der Waals surface area contributed by atoms with E-state index in [1.54, 1.807) is 11.3 Å². The summed E-state index contributed by atoms with van der Waals surface area (Å²) in [5.74, 6) is 0.127. The zero-order chi connectivity index (χ0) is 13.2. The topological polar surface area (TPSA) is 54.0 Å². The van der Waals surface area contributed by atoms with Crippen molar-refractivity contribution >= 4 is 17.2 Å². The van der Waals surface area contributed by atoms with Crippen molar-refractivity contribution in [2.75, 3.05) is 6.54 Å². The SMILES string of the molecule is CC(C)(C)c1ncc(CNC2CCCNC2=O)s1. The van der Waals surface area contributed by atoms with Crippen LogP contribution < -0.4 is 10.6 Å². The van der Waals surface area contributed by atoms with Gasteiger partial charge in [0.15, 0.2) is 0 Å². The number of rotatable bonds is 3. The van der Waals surface area contributed by atoms with Gasteiger partial charge in [-0.25, -0.2) is 4.98 Å². The first kappa shape index (κ1) is 13.5. The molecule has 0 bridgehead atoms.